The van der Waals surface area contributed by atoms with Gasteiger partial charge in [0.15, 0.2) is 5.84 Å². The van der Waals surface area contributed by atoms with Crippen molar-refractivity contribution in [1.29, 1.82) is 0 Å². The first-order valence-electron chi connectivity index (χ1n) is 6.74. The van der Waals surface area contributed by atoms with Crippen LogP contribution in [-0.2, 0) is 6.54 Å². The molecule has 4 N–H and O–H groups in total. The zero-order valence-corrected chi connectivity index (χ0v) is 11.8. The Bertz CT molecular complexity index is 633. The SMILES string of the molecule is C=CCNCc1ccc(-c2ccccc2C(N)=NO)cc1. The lowest BCUT2D eigenvalue weighted by molar-refractivity contribution is 0.318. The monoisotopic (exact) mass is 281 g/mol. The van der Waals surface area contributed by atoms with Gasteiger partial charge < -0.3 is 16.3 Å². The minimum Gasteiger partial charge on any atom is -0.409 e. The fraction of sp³-hybridized carbons (Fsp3) is 0.118. The van der Waals surface area contributed by atoms with Crippen LogP contribution in [0.25, 0.3) is 11.1 Å². The van der Waals surface area contributed by atoms with E-state index in [-0.39, 0.29) is 5.84 Å². The molecule has 0 radical (unpaired) electrons. The van der Waals surface area contributed by atoms with Crippen molar-refractivity contribution in [2.75, 3.05) is 6.54 Å². The van der Waals surface area contributed by atoms with Crippen LogP contribution >= 0.6 is 0 Å². The van der Waals surface area contributed by atoms with Crippen LogP contribution in [0.2, 0.25) is 0 Å². The molecule has 108 valence electrons. The molecule has 0 saturated heterocycles. The molecule has 0 unspecified atom stereocenters. The molecule has 4 nitrogen and oxygen atoms in total. The summed E-state index contributed by atoms with van der Waals surface area (Å²) in [6, 6.07) is 15.8. The first-order chi connectivity index (χ1) is 10.3. The molecule has 4 heteroatoms. The third kappa shape index (κ3) is 3.70. The Hall–Kier alpha value is -2.59. The third-order valence-corrected chi connectivity index (χ3v) is 3.19. The van der Waals surface area contributed by atoms with Crippen molar-refractivity contribution in [1.82, 2.24) is 5.32 Å². The molecular weight excluding hydrogens is 262 g/mol. The molecule has 0 spiro atoms. The molecule has 0 aliphatic rings. The first kappa shape index (κ1) is 14.8. The molecule has 0 amide bonds. The van der Waals surface area contributed by atoms with E-state index in [1.165, 1.54) is 5.56 Å². The van der Waals surface area contributed by atoms with Gasteiger partial charge in [0.2, 0.25) is 0 Å². The number of amidine groups is 1. The van der Waals surface area contributed by atoms with Crippen molar-refractivity contribution in [2.24, 2.45) is 10.9 Å². The third-order valence-electron chi connectivity index (χ3n) is 3.19. The lowest BCUT2D eigenvalue weighted by Gasteiger charge is -2.09. The van der Waals surface area contributed by atoms with E-state index < -0.39 is 0 Å². The van der Waals surface area contributed by atoms with Gasteiger partial charge in [0.1, 0.15) is 0 Å². The summed E-state index contributed by atoms with van der Waals surface area (Å²) in [4.78, 5) is 0. The first-order valence-corrected chi connectivity index (χ1v) is 6.74. The predicted octanol–water partition coefficient (Wildman–Crippen LogP) is 2.72. The van der Waals surface area contributed by atoms with Crippen LogP contribution in [0, 0.1) is 0 Å². The van der Waals surface area contributed by atoms with E-state index in [1.807, 2.05) is 42.5 Å². The number of nitrogens with zero attached hydrogens (tertiary/aromatic N) is 1. The highest BCUT2D eigenvalue weighted by molar-refractivity contribution is 6.03. The Labute approximate surface area is 124 Å². The van der Waals surface area contributed by atoms with Crippen LogP contribution in [0.15, 0.2) is 66.3 Å². The summed E-state index contributed by atoms with van der Waals surface area (Å²) in [5.74, 6) is 0.113. The lowest BCUT2D eigenvalue weighted by Crippen LogP contribution is -2.14. The smallest absolute Gasteiger partial charge is 0.170 e. The zero-order valence-electron chi connectivity index (χ0n) is 11.8. The van der Waals surface area contributed by atoms with Crippen LogP contribution in [-0.4, -0.2) is 17.6 Å². The number of nitrogens with two attached hydrogens (primary N) is 1. The molecule has 2 aromatic carbocycles. The Balaban J connectivity index is 2.25. The maximum absolute atomic E-state index is 8.87. The highest BCUT2D eigenvalue weighted by atomic mass is 16.4. The van der Waals surface area contributed by atoms with Crippen molar-refractivity contribution < 1.29 is 5.21 Å². The number of benzene rings is 2. The van der Waals surface area contributed by atoms with Gasteiger partial charge in [0, 0.05) is 18.7 Å². The van der Waals surface area contributed by atoms with Crippen molar-refractivity contribution in [3.05, 3.63) is 72.3 Å². The molecule has 0 aromatic heterocycles. The molecule has 0 fully saturated rings. The second-order valence-electron chi connectivity index (χ2n) is 4.65. The quantitative estimate of drug-likeness (QED) is 0.190. The summed E-state index contributed by atoms with van der Waals surface area (Å²) >= 11 is 0. The summed E-state index contributed by atoms with van der Waals surface area (Å²) in [6.07, 6.45) is 1.83. The number of oxime groups is 1. The van der Waals surface area contributed by atoms with E-state index in [0.717, 1.165) is 29.8 Å². The summed E-state index contributed by atoms with van der Waals surface area (Å²) in [7, 11) is 0. The van der Waals surface area contributed by atoms with Crippen molar-refractivity contribution >= 4 is 5.84 Å². The summed E-state index contributed by atoms with van der Waals surface area (Å²) in [5.41, 5.74) is 9.62. The summed E-state index contributed by atoms with van der Waals surface area (Å²) in [5, 5.41) is 15.2. The molecular formula is C17H19N3O. The highest BCUT2D eigenvalue weighted by Gasteiger charge is 2.08. The van der Waals surface area contributed by atoms with E-state index in [0.29, 0.717) is 0 Å². The largest absolute Gasteiger partial charge is 0.409 e. The fourth-order valence-electron chi connectivity index (χ4n) is 2.13. The molecule has 0 heterocycles. The summed E-state index contributed by atoms with van der Waals surface area (Å²) in [6.45, 7) is 5.26. The molecule has 2 aromatic rings. The maximum Gasteiger partial charge on any atom is 0.170 e. The van der Waals surface area contributed by atoms with E-state index in [2.05, 4.69) is 29.2 Å². The van der Waals surface area contributed by atoms with E-state index in [9.17, 15) is 0 Å². The zero-order chi connectivity index (χ0) is 15.1. The second-order valence-corrected chi connectivity index (χ2v) is 4.65. The standard InChI is InChI=1S/C17H19N3O/c1-2-11-19-12-13-7-9-14(10-8-13)15-5-3-4-6-16(15)17(18)20-21/h2-10,19,21H,1,11-12H2,(H2,18,20). The van der Waals surface area contributed by atoms with Crippen molar-refractivity contribution in [3.63, 3.8) is 0 Å². The van der Waals surface area contributed by atoms with Crippen molar-refractivity contribution in [3.8, 4) is 11.1 Å². The van der Waals surface area contributed by atoms with Gasteiger partial charge in [-0.3, -0.25) is 0 Å². The van der Waals surface area contributed by atoms with Crippen LogP contribution in [0.1, 0.15) is 11.1 Å². The Morgan fingerprint density at radius 2 is 1.90 bits per heavy atom. The minimum atomic E-state index is 0.113. The van der Waals surface area contributed by atoms with Gasteiger partial charge in [-0.05, 0) is 16.7 Å². The molecule has 0 aliphatic carbocycles. The van der Waals surface area contributed by atoms with Gasteiger partial charge in [-0.2, -0.15) is 0 Å². The molecule has 0 bridgehead atoms. The number of nitrogens with one attached hydrogen (secondary N) is 1. The molecule has 0 saturated carbocycles. The van der Waals surface area contributed by atoms with Gasteiger partial charge in [-0.15, -0.1) is 6.58 Å². The van der Waals surface area contributed by atoms with Gasteiger partial charge in [0.05, 0.1) is 0 Å². The van der Waals surface area contributed by atoms with Crippen LogP contribution < -0.4 is 11.1 Å². The second kappa shape index (κ2) is 7.26. The normalized spacial score (nSPS) is 11.3. The topological polar surface area (TPSA) is 70.6 Å². The van der Waals surface area contributed by atoms with E-state index in [1.54, 1.807) is 0 Å². The van der Waals surface area contributed by atoms with Gasteiger partial charge in [-0.25, -0.2) is 0 Å². The van der Waals surface area contributed by atoms with Crippen LogP contribution in [0.3, 0.4) is 0 Å². The highest BCUT2D eigenvalue weighted by Crippen LogP contribution is 2.24. The Morgan fingerprint density at radius 3 is 2.57 bits per heavy atom. The van der Waals surface area contributed by atoms with Crippen LogP contribution in [0.5, 0.6) is 0 Å². The number of rotatable bonds is 6. The Kier molecular flexibility index (Phi) is 5.12. The maximum atomic E-state index is 8.87. The minimum absolute atomic E-state index is 0.113. The lowest BCUT2D eigenvalue weighted by atomic mass is 9.98. The van der Waals surface area contributed by atoms with E-state index in [4.69, 9.17) is 10.9 Å². The molecule has 0 aliphatic heterocycles. The molecule has 2 rings (SSSR count). The molecule has 0 atom stereocenters. The van der Waals surface area contributed by atoms with Gasteiger partial charge in [0.25, 0.3) is 0 Å². The van der Waals surface area contributed by atoms with Crippen LogP contribution in [0.4, 0.5) is 0 Å². The van der Waals surface area contributed by atoms with Crippen molar-refractivity contribution in [2.45, 2.75) is 6.54 Å². The average molecular weight is 281 g/mol. The predicted molar refractivity (Wildman–Crippen MR) is 86.3 cm³/mol. The van der Waals surface area contributed by atoms with E-state index >= 15 is 0 Å². The average Bonchev–Trinajstić information content (AvgIpc) is 2.55. The van der Waals surface area contributed by atoms with Gasteiger partial charge >= 0.3 is 0 Å². The molecule has 21 heavy (non-hydrogen) atoms. The number of hydrogen-bond donors (Lipinski definition) is 3. The van der Waals surface area contributed by atoms with Gasteiger partial charge in [-0.1, -0.05) is 59.8 Å². The summed E-state index contributed by atoms with van der Waals surface area (Å²) < 4.78 is 0. The Morgan fingerprint density at radius 1 is 1.19 bits per heavy atom. The fourth-order valence-corrected chi connectivity index (χ4v) is 2.13. The number of hydrogen-bond acceptors (Lipinski definition) is 3.